The normalized spacial score (nSPS) is 20.3. The van der Waals surface area contributed by atoms with Crippen LogP contribution in [0.4, 0.5) is 11.5 Å². The first-order valence-electron chi connectivity index (χ1n) is 13.3. The summed E-state index contributed by atoms with van der Waals surface area (Å²) in [7, 11) is 4.28. The van der Waals surface area contributed by atoms with E-state index < -0.39 is 0 Å². The standard InChI is InChI=1S/C24H23ClN6O.C5H12N2/c1-30-7-9-31(10-8-30)19-5-6-20(16(11-19)14-32)22-13-21-23(26-15-27-24(21)29-22)28-18-4-2-3-17(25)12-18;1-7-4-2-6-3-5-7/h2-6,11-13,15,20H,7-10H2,1H3,(H2,26,27,28,29);6H,2-5H2,1H3. The molecule has 1 unspecified atom stereocenters. The van der Waals surface area contributed by atoms with Crippen LogP contribution in [0, 0.1) is 0 Å². The molecule has 39 heavy (non-hydrogen) atoms. The van der Waals surface area contributed by atoms with Crippen molar-refractivity contribution >= 4 is 40.1 Å². The molecule has 3 N–H and O–H groups in total. The quantitative estimate of drug-likeness (QED) is 0.429. The number of nitrogens with zero attached hydrogens (tertiary/aromatic N) is 5. The zero-order valence-corrected chi connectivity index (χ0v) is 23.2. The number of halogens is 1. The Bertz CT molecular complexity index is 1400. The molecule has 4 heterocycles. The number of likely N-dealkylation sites (N-methyl/N-ethyl adjacent to an activating group) is 2. The summed E-state index contributed by atoms with van der Waals surface area (Å²) in [5.41, 5.74) is 4.08. The highest BCUT2D eigenvalue weighted by Crippen LogP contribution is 2.34. The van der Waals surface area contributed by atoms with E-state index in [1.165, 1.54) is 19.4 Å². The summed E-state index contributed by atoms with van der Waals surface area (Å²) in [6.07, 6.45) is 7.61. The van der Waals surface area contributed by atoms with Gasteiger partial charge in [-0.3, -0.25) is 0 Å². The molecule has 0 saturated carbocycles. The number of aromatic nitrogens is 3. The lowest BCUT2D eigenvalue weighted by atomic mass is 9.91. The molecule has 9 nitrogen and oxygen atoms in total. The minimum absolute atomic E-state index is 0.211. The minimum Gasteiger partial charge on any atom is -0.369 e. The molecule has 0 radical (unpaired) electrons. The van der Waals surface area contributed by atoms with E-state index in [4.69, 9.17) is 11.6 Å². The second kappa shape index (κ2) is 12.6. The van der Waals surface area contributed by atoms with Crippen LogP contribution in [-0.2, 0) is 4.79 Å². The van der Waals surface area contributed by atoms with Crippen molar-refractivity contribution in [2.24, 2.45) is 0 Å². The van der Waals surface area contributed by atoms with Crippen molar-refractivity contribution in [3.05, 3.63) is 76.9 Å². The van der Waals surface area contributed by atoms with Gasteiger partial charge < -0.3 is 30.3 Å². The average Bonchev–Trinajstić information content (AvgIpc) is 3.39. The van der Waals surface area contributed by atoms with Gasteiger partial charge in [-0.15, -0.1) is 0 Å². The maximum absolute atomic E-state index is 11.8. The van der Waals surface area contributed by atoms with Gasteiger partial charge in [0.25, 0.3) is 0 Å². The van der Waals surface area contributed by atoms with Crippen molar-refractivity contribution in [1.82, 2.24) is 35.0 Å². The first-order valence-corrected chi connectivity index (χ1v) is 13.7. The monoisotopic (exact) mass is 546 g/mol. The fourth-order valence-corrected chi connectivity index (χ4v) is 5.12. The highest BCUT2D eigenvalue weighted by Gasteiger charge is 2.24. The van der Waals surface area contributed by atoms with E-state index in [9.17, 15) is 4.79 Å². The Kier molecular flexibility index (Phi) is 8.76. The molecular weight excluding hydrogens is 512 g/mol. The largest absolute Gasteiger partial charge is 0.369 e. The number of fused-ring (bicyclic) bond motifs is 1. The third kappa shape index (κ3) is 6.76. The topological polar surface area (TPSA) is 92.4 Å². The van der Waals surface area contributed by atoms with E-state index in [1.807, 2.05) is 36.4 Å². The number of piperazine rings is 2. The first-order chi connectivity index (χ1) is 19.0. The van der Waals surface area contributed by atoms with Crippen molar-refractivity contribution in [2.45, 2.75) is 5.92 Å². The van der Waals surface area contributed by atoms with Crippen LogP contribution in [0.1, 0.15) is 11.6 Å². The molecule has 1 atom stereocenters. The number of hydrogen-bond donors (Lipinski definition) is 3. The van der Waals surface area contributed by atoms with Gasteiger partial charge in [-0.1, -0.05) is 23.7 Å². The second-order valence-electron chi connectivity index (χ2n) is 10.2. The number of H-pyrrole nitrogens is 1. The molecule has 2 saturated heterocycles. The predicted octanol–water partition coefficient (Wildman–Crippen LogP) is 3.42. The molecule has 204 valence electrons. The second-order valence-corrected chi connectivity index (χ2v) is 10.6. The van der Waals surface area contributed by atoms with Crippen LogP contribution in [0.3, 0.4) is 0 Å². The van der Waals surface area contributed by atoms with E-state index in [0.717, 1.165) is 61.7 Å². The van der Waals surface area contributed by atoms with Gasteiger partial charge in [0, 0.05) is 74.5 Å². The van der Waals surface area contributed by atoms with Crippen LogP contribution in [-0.4, -0.2) is 102 Å². The number of nitrogens with one attached hydrogen (secondary N) is 3. The smallest absolute Gasteiger partial charge is 0.143 e. The molecule has 10 heteroatoms. The molecule has 2 aliphatic heterocycles. The molecular formula is C29H35ClN8O. The first kappa shape index (κ1) is 27.1. The summed E-state index contributed by atoms with van der Waals surface area (Å²) in [5.74, 6) is 2.61. The Morgan fingerprint density at radius 3 is 2.49 bits per heavy atom. The fourth-order valence-electron chi connectivity index (χ4n) is 4.93. The van der Waals surface area contributed by atoms with Crippen molar-refractivity contribution in [3.63, 3.8) is 0 Å². The summed E-state index contributed by atoms with van der Waals surface area (Å²) in [5, 5.41) is 8.06. The summed E-state index contributed by atoms with van der Waals surface area (Å²) in [6, 6.07) is 9.45. The van der Waals surface area contributed by atoms with E-state index in [2.05, 4.69) is 72.5 Å². The molecule has 1 aliphatic carbocycles. The third-order valence-corrected chi connectivity index (χ3v) is 7.53. The summed E-state index contributed by atoms with van der Waals surface area (Å²) in [4.78, 5) is 30.9. The lowest BCUT2D eigenvalue weighted by molar-refractivity contribution is 0.190. The van der Waals surface area contributed by atoms with E-state index >= 15 is 0 Å². The number of rotatable bonds is 4. The maximum atomic E-state index is 11.8. The van der Waals surface area contributed by atoms with Crippen LogP contribution in [0.5, 0.6) is 0 Å². The third-order valence-electron chi connectivity index (χ3n) is 7.29. The lowest BCUT2D eigenvalue weighted by Gasteiger charge is -2.35. The molecule has 3 aliphatic rings. The van der Waals surface area contributed by atoms with Crippen molar-refractivity contribution in [1.29, 1.82) is 0 Å². The Balaban J connectivity index is 0.000000384. The Hall–Kier alpha value is -3.46. The number of hydrogen-bond acceptors (Lipinski definition) is 8. The van der Waals surface area contributed by atoms with E-state index in [0.29, 0.717) is 22.1 Å². The summed E-state index contributed by atoms with van der Waals surface area (Å²) >= 11 is 6.10. The molecule has 6 rings (SSSR count). The molecule has 0 bridgehead atoms. The molecule has 2 fully saturated rings. The Labute approximate surface area is 234 Å². The highest BCUT2D eigenvalue weighted by molar-refractivity contribution is 6.30. The number of anilines is 2. The number of benzene rings is 1. The molecule has 3 aromatic rings. The molecule has 0 spiro atoms. The van der Waals surface area contributed by atoms with Gasteiger partial charge in [0.05, 0.1) is 16.9 Å². The van der Waals surface area contributed by atoms with Crippen molar-refractivity contribution < 1.29 is 4.79 Å². The molecule has 0 amide bonds. The zero-order chi connectivity index (χ0) is 27.2. The lowest BCUT2D eigenvalue weighted by Crippen LogP contribution is -2.43. The maximum Gasteiger partial charge on any atom is 0.143 e. The van der Waals surface area contributed by atoms with Crippen LogP contribution in [0.25, 0.3) is 11.0 Å². The van der Waals surface area contributed by atoms with E-state index in [1.54, 1.807) is 0 Å². The van der Waals surface area contributed by atoms with Crippen LogP contribution in [0.15, 0.2) is 66.2 Å². The summed E-state index contributed by atoms with van der Waals surface area (Å²) < 4.78 is 0. The van der Waals surface area contributed by atoms with Crippen LogP contribution >= 0.6 is 11.6 Å². The van der Waals surface area contributed by atoms with Crippen molar-refractivity contribution in [2.75, 3.05) is 71.8 Å². The zero-order valence-electron chi connectivity index (χ0n) is 22.5. The van der Waals surface area contributed by atoms with Gasteiger partial charge in [-0.25, -0.2) is 14.8 Å². The SMILES string of the molecule is CN1CCN(C2=CC(=C=O)C(c3cc4c(Nc5cccc(Cl)c5)ncnc4[nH]3)C=C2)CC1.CN1CCNCC1. The number of allylic oxidation sites excluding steroid dienone is 4. The van der Waals surface area contributed by atoms with Crippen LogP contribution < -0.4 is 10.6 Å². The van der Waals surface area contributed by atoms with Gasteiger partial charge >= 0.3 is 0 Å². The van der Waals surface area contributed by atoms with Gasteiger partial charge in [0.15, 0.2) is 0 Å². The van der Waals surface area contributed by atoms with Gasteiger partial charge in [-0.2, -0.15) is 0 Å². The van der Waals surface area contributed by atoms with E-state index in [-0.39, 0.29) is 5.92 Å². The minimum atomic E-state index is -0.211. The molecule has 1 aromatic carbocycles. The number of aromatic amines is 1. The van der Waals surface area contributed by atoms with Gasteiger partial charge in [0.2, 0.25) is 0 Å². The van der Waals surface area contributed by atoms with Crippen LogP contribution in [0.2, 0.25) is 5.02 Å². The summed E-state index contributed by atoms with van der Waals surface area (Å²) in [6.45, 7) is 8.66. The van der Waals surface area contributed by atoms with Gasteiger partial charge in [-0.05, 0) is 50.5 Å². The molecule has 2 aromatic heterocycles. The number of carbonyl (C=O) groups excluding carboxylic acids is 1. The predicted molar refractivity (Wildman–Crippen MR) is 157 cm³/mol. The average molecular weight is 547 g/mol. The fraction of sp³-hybridized carbons (Fsp3) is 0.379. The van der Waals surface area contributed by atoms with Gasteiger partial charge in [0.1, 0.15) is 23.7 Å². The highest BCUT2D eigenvalue weighted by atomic mass is 35.5. The Morgan fingerprint density at radius 1 is 1.03 bits per heavy atom. The Morgan fingerprint density at radius 2 is 1.79 bits per heavy atom. The van der Waals surface area contributed by atoms with Crippen molar-refractivity contribution in [3.8, 4) is 0 Å².